The molecule has 0 spiro atoms. The SMILES string of the molecule is COc1ccc(C#Cc2coc3ccccc3c2=O)cc1. The van der Waals surface area contributed by atoms with Gasteiger partial charge in [-0.2, -0.15) is 0 Å². The first kappa shape index (κ1) is 13.0. The van der Waals surface area contributed by atoms with Crippen LogP contribution in [0, 0.1) is 11.8 Å². The second-order valence-corrected chi connectivity index (χ2v) is 4.45. The van der Waals surface area contributed by atoms with Crippen molar-refractivity contribution in [2.24, 2.45) is 0 Å². The van der Waals surface area contributed by atoms with Crippen LogP contribution in [0.15, 0.2) is 64.0 Å². The summed E-state index contributed by atoms with van der Waals surface area (Å²) in [6.07, 6.45) is 1.40. The zero-order chi connectivity index (χ0) is 14.7. The molecule has 1 aromatic heterocycles. The van der Waals surface area contributed by atoms with Crippen LogP contribution < -0.4 is 10.2 Å². The molecule has 0 unspecified atom stereocenters. The van der Waals surface area contributed by atoms with Gasteiger partial charge in [0.15, 0.2) is 0 Å². The average Bonchev–Trinajstić information content (AvgIpc) is 2.55. The van der Waals surface area contributed by atoms with Gasteiger partial charge in [-0.15, -0.1) is 0 Å². The molecular weight excluding hydrogens is 264 g/mol. The molecule has 1 heterocycles. The van der Waals surface area contributed by atoms with Crippen molar-refractivity contribution in [2.45, 2.75) is 0 Å². The lowest BCUT2D eigenvalue weighted by Crippen LogP contribution is -2.05. The number of hydrogen-bond acceptors (Lipinski definition) is 3. The van der Waals surface area contributed by atoms with Crippen molar-refractivity contribution >= 4 is 11.0 Å². The Hall–Kier alpha value is -2.99. The zero-order valence-electron chi connectivity index (χ0n) is 11.4. The second kappa shape index (κ2) is 5.56. The maximum atomic E-state index is 12.3. The predicted octanol–water partition coefficient (Wildman–Crippen LogP) is 3.20. The van der Waals surface area contributed by atoms with Gasteiger partial charge in [-0.25, -0.2) is 0 Å². The first-order valence-electron chi connectivity index (χ1n) is 6.44. The minimum atomic E-state index is -0.113. The number of rotatable bonds is 1. The van der Waals surface area contributed by atoms with Crippen LogP contribution in [0.1, 0.15) is 11.1 Å². The van der Waals surface area contributed by atoms with Crippen molar-refractivity contribution in [1.29, 1.82) is 0 Å². The van der Waals surface area contributed by atoms with E-state index in [0.717, 1.165) is 11.3 Å². The van der Waals surface area contributed by atoms with Crippen molar-refractivity contribution in [3.63, 3.8) is 0 Å². The smallest absolute Gasteiger partial charge is 0.208 e. The molecule has 0 saturated carbocycles. The molecular formula is C18H12O3. The fourth-order valence-electron chi connectivity index (χ4n) is 1.98. The Morgan fingerprint density at radius 2 is 1.76 bits per heavy atom. The Bertz CT molecular complexity index is 893. The number of benzene rings is 2. The highest BCUT2D eigenvalue weighted by Gasteiger charge is 2.03. The highest BCUT2D eigenvalue weighted by atomic mass is 16.5. The molecule has 21 heavy (non-hydrogen) atoms. The van der Waals surface area contributed by atoms with E-state index in [-0.39, 0.29) is 5.43 Å². The average molecular weight is 276 g/mol. The third-order valence-corrected chi connectivity index (χ3v) is 3.11. The molecule has 0 bridgehead atoms. The summed E-state index contributed by atoms with van der Waals surface area (Å²) in [6, 6.07) is 14.5. The lowest BCUT2D eigenvalue weighted by atomic mass is 10.1. The van der Waals surface area contributed by atoms with Gasteiger partial charge in [0.05, 0.1) is 12.5 Å². The van der Waals surface area contributed by atoms with Crippen molar-refractivity contribution in [1.82, 2.24) is 0 Å². The maximum Gasteiger partial charge on any atom is 0.208 e. The van der Waals surface area contributed by atoms with E-state index in [2.05, 4.69) is 11.8 Å². The summed E-state index contributed by atoms with van der Waals surface area (Å²) < 4.78 is 10.5. The van der Waals surface area contributed by atoms with Gasteiger partial charge in [0.2, 0.25) is 5.43 Å². The van der Waals surface area contributed by atoms with Gasteiger partial charge in [0.1, 0.15) is 23.2 Å². The largest absolute Gasteiger partial charge is 0.497 e. The Labute approximate surface area is 121 Å². The van der Waals surface area contributed by atoms with Gasteiger partial charge in [-0.3, -0.25) is 4.79 Å². The summed E-state index contributed by atoms with van der Waals surface area (Å²) in [4.78, 5) is 12.3. The molecule has 0 amide bonds. The monoisotopic (exact) mass is 276 g/mol. The third kappa shape index (κ3) is 2.65. The van der Waals surface area contributed by atoms with E-state index in [1.165, 1.54) is 6.26 Å². The van der Waals surface area contributed by atoms with Crippen molar-refractivity contribution < 1.29 is 9.15 Å². The first-order valence-corrected chi connectivity index (χ1v) is 6.44. The van der Waals surface area contributed by atoms with Crippen molar-refractivity contribution in [3.8, 4) is 17.6 Å². The van der Waals surface area contributed by atoms with Crippen LogP contribution in [0.2, 0.25) is 0 Å². The Kier molecular flexibility index (Phi) is 3.44. The normalized spacial score (nSPS) is 9.95. The molecule has 0 fully saturated rings. The third-order valence-electron chi connectivity index (χ3n) is 3.11. The number of fused-ring (bicyclic) bond motifs is 1. The van der Waals surface area contributed by atoms with Crippen molar-refractivity contribution in [2.75, 3.05) is 7.11 Å². The fourth-order valence-corrected chi connectivity index (χ4v) is 1.98. The summed E-state index contributed by atoms with van der Waals surface area (Å²) >= 11 is 0. The molecule has 0 saturated heterocycles. The molecule has 0 aliphatic carbocycles. The lowest BCUT2D eigenvalue weighted by Gasteiger charge is -1.98. The first-order chi connectivity index (χ1) is 10.3. The molecule has 0 aliphatic rings. The zero-order valence-corrected chi connectivity index (χ0v) is 11.4. The molecule has 3 aromatic rings. The van der Waals surface area contributed by atoms with Gasteiger partial charge in [0.25, 0.3) is 0 Å². The topological polar surface area (TPSA) is 39.4 Å². The minimum absolute atomic E-state index is 0.113. The van der Waals surface area contributed by atoms with E-state index in [1.807, 2.05) is 30.3 Å². The van der Waals surface area contributed by atoms with Crippen LogP contribution in [-0.2, 0) is 0 Å². The summed E-state index contributed by atoms with van der Waals surface area (Å²) in [7, 11) is 1.61. The molecule has 102 valence electrons. The van der Waals surface area contributed by atoms with Crippen LogP contribution in [-0.4, -0.2) is 7.11 Å². The highest BCUT2D eigenvalue weighted by molar-refractivity contribution is 5.77. The lowest BCUT2D eigenvalue weighted by molar-refractivity contribution is 0.415. The van der Waals surface area contributed by atoms with Crippen LogP contribution in [0.4, 0.5) is 0 Å². The molecule has 0 aliphatic heterocycles. The number of methoxy groups -OCH3 is 1. The quantitative estimate of drug-likeness (QED) is 0.641. The van der Waals surface area contributed by atoms with Crippen LogP contribution >= 0.6 is 0 Å². The standard InChI is InChI=1S/C18H12O3/c1-20-15-10-7-13(8-11-15)6-9-14-12-21-17-5-3-2-4-16(17)18(14)19/h2-5,7-8,10-12H,1H3. The van der Waals surface area contributed by atoms with E-state index in [9.17, 15) is 4.79 Å². The highest BCUT2D eigenvalue weighted by Crippen LogP contribution is 2.11. The second-order valence-electron chi connectivity index (χ2n) is 4.45. The van der Waals surface area contributed by atoms with Crippen LogP contribution in [0.3, 0.4) is 0 Å². The van der Waals surface area contributed by atoms with E-state index >= 15 is 0 Å². The van der Waals surface area contributed by atoms with E-state index in [0.29, 0.717) is 16.5 Å². The number of para-hydroxylation sites is 1. The molecule has 0 N–H and O–H groups in total. The minimum Gasteiger partial charge on any atom is -0.497 e. The molecule has 0 atom stereocenters. The van der Waals surface area contributed by atoms with Crippen LogP contribution in [0.5, 0.6) is 5.75 Å². The number of ether oxygens (including phenoxy) is 1. The molecule has 3 nitrogen and oxygen atoms in total. The Morgan fingerprint density at radius 1 is 1.00 bits per heavy atom. The molecule has 0 radical (unpaired) electrons. The summed E-state index contributed by atoms with van der Waals surface area (Å²) in [6.45, 7) is 0. The number of hydrogen-bond donors (Lipinski definition) is 0. The van der Waals surface area contributed by atoms with Gasteiger partial charge in [-0.05, 0) is 36.4 Å². The van der Waals surface area contributed by atoms with Gasteiger partial charge in [-0.1, -0.05) is 24.0 Å². The summed E-state index contributed by atoms with van der Waals surface area (Å²) in [5, 5.41) is 0.541. The molecule has 2 aromatic carbocycles. The Morgan fingerprint density at radius 3 is 2.52 bits per heavy atom. The van der Waals surface area contributed by atoms with Crippen LogP contribution in [0.25, 0.3) is 11.0 Å². The summed E-state index contributed by atoms with van der Waals surface area (Å²) in [5.41, 5.74) is 1.61. The molecule has 3 heteroatoms. The Balaban J connectivity index is 2.00. The van der Waals surface area contributed by atoms with E-state index in [1.54, 1.807) is 25.3 Å². The van der Waals surface area contributed by atoms with Gasteiger partial charge < -0.3 is 9.15 Å². The van der Waals surface area contributed by atoms with E-state index < -0.39 is 0 Å². The van der Waals surface area contributed by atoms with Gasteiger partial charge >= 0.3 is 0 Å². The predicted molar refractivity (Wildman–Crippen MR) is 81.5 cm³/mol. The van der Waals surface area contributed by atoms with E-state index in [4.69, 9.17) is 9.15 Å². The van der Waals surface area contributed by atoms with Gasteiger partial charge in [0, 0.05) is 5.56 Å². The van der Waals surface area contributed by atoms with Crippen molar-refractivity contribution in [3.05, 3.63) is 76.1 Å². The summed E-state index contributed by atoms with van der Waals surface area (Å²) in [5.74, 6) is 6.58. The maximum absolute atomic E-state index is 12.3. The molecule has 3 rings (SSSR count). The fraction of sp³-hybridized carbons (Fsp3) is 0.0556.